The maximum Gasteiger partial charge on any atom is 0.297 e. The Hall–Kier alpha value is -2.17. The molecule has 5 heteroatoms. The Morgan fingerprint density at radius 1 is 0.857 bits per heavy atom. The molecule has 5 nitrogen and oxygen atoms in total. The second-order valence-corrected chi connectivity index (χ2v) is 7.28. The number of fused-ring (bicyclic) bond motifs is 1. The van der Waals surface area contributed by atoms with Gasteiger partial charge in [0.25, 0.3) is 5.56 Å². The van der Waals surface area contributed by atoms with E-state index in [0.29, 0.717) is 36.8 Å². The number of ether oxygens (including phenoxy) is 2. The van der Waals surface area contributed by atoms with Crippen molar-refractivity contribution in [1.29, 1.82) is 0 Å². The SMILES string of the molecule is CCCCCCn1c(=O)c(OCCCC)c(OCCCC)c2ccc(O)cc21. The van der Waals surface area contributed by atoms with Gasteiger partial charge >= 0.3 is 0 Å². The Morgan fingerprint density at radius 3 is 2.14 bits per heavy atom. The summed E-state index contributed by atoms with van der Waals surface area (Å²) in [7, 11) is 0. The third-order valence-electron chi connectivity index (χ3n) is 4.89. The average molecular weight is 390 g/mol. The molecule has 0 atom stereocenters. The Labute approximate surface area is 168 Å². The summed E-state index contributed by atoms with van der Waals surface area (Å²) in [4.78, 5) is 13.3. The van der Waals surface area contributed by atoms with Crippen LogP contribution < -0.4 is 15.0 Å². The van der Waals surface area contributed by atoms with Crippen molar-refractivity contribution in [3.05, 3.63) is 28.6 Å². The van der Waals surface area contributed by atoms with Gasteiger partial charge in [0.15, 0.2) is 5.75 Å². The number of nitrogens with zero attached hydrogens (tertiary/aromatic N) is 1. The zero-order valence-corrected chi connectivity index (χ0v) is 17.6. The quantitative estimate of drug-likeness (QED) is 0.450. The molecule has 1 N–H and O–H groups in total. The van der Waals surface area contributed by atoms with E-state index in [1.54, 1.807) is 16.7 Å². The third kappa shape index (κ3) is 5.66. The largest absolute Gasteiger partial charge is 0.508 e. The van der Waals surface area contributed by atoms with Gasteiger partial charge in [-0.05, 0) is 31.4 Å². The van der Waals surface area contributed by atoms with Crippen LogP contribution in [0.4, 0.5) is 0 Å². The number of aromatic hydroxyl groups is 1. The van der Waals surface area contributed by atoms with Crippen LogP contribution in [-0.4, -0.2) is 22.9 Å². The molecule has 0 aliphatic carbocycles. The van der Waals surface area contributed by atoms with Gasteiger partial charge in [0.05, 0.1) is 18.7 Å². The van der Waals surface area contributed by atoms with Crippen molar-refractivity contribution >= 4 is 10.9 Å². The molecule has 1 aromatic carbocycles. The van der Waals surface area contributed by atoms with Crippen molar-refractivity contribution in [3.63, 3.8) is 0 Å². The van der Waals surface area contributed by atoms with Crippen LogP contribution in [0.3, 0.4) is 0 Å². The molecule has 0 radical (unpaired) electrons. The molecule has 0 saturated heterocycles. The Bertz CT molecular complexity index is 797. The highest BCUT2D eigenvalue weighted by Crippen LogP contribution is 2.35. The minimum atomic E-state index is -0.169. The summed E-state index contributed by atoms with van der Waals surface area (Å²) < 4.78 is 13.7. The number of hydrogen-bond donors (Lipinski definition) is 1. The molecule has 0 spiro atoms. The molecular weight excluding hydrogens is 354 g/mol. The second-order valence-electron chi connectivity index (χ2n) is 7.28. The Kier molecular flexibility index (Phi) is 9.18. The summed E-state index contributed by atoms with van der Waals surface area (Å²) in [6.45, 7) is 8.01. The Balaban J connectivity index is 2.52. The maximum atomic E-state index is 13.3. The summed E-state index contributed by atoms with van der Waals surface area (Å²) >= 11 is 0. The molecule has 156 valence electrons. The smallest absolute Gasteiger partial charge is 0.297 e. The molecule has 1 aromatic heterocycles. The van der Waals surface area contributed by atoms with Crippen LogP contribution in [0.5, 0.6) is 17.2 Å². The molecule has 28 heavy (non-hydrogen) atoms. The number of aryl methyl sites for hydroxylation is 1. The molecule has 0 bridgehead atoms. The van der Waals surface area contributed by atoms with E-state index in [0.717, 1.165) is 56.8 Å². The van der Waals surface area contributed by atoms with Gasteiger partial charge in [-0.2, -0.15) is 0 Å². The van der Waals surface area contributed by atoms with E-state index in [1.165, 1.54) is 0 Å². The van der Waals surface area contributed by atoms with Crippen LogP contribution in [0.15, 0.2) is 23.0 Å². The zero-order valence-electron chi connectivity index (χ0n) is 17.6. The van der Waals surface area contributed by atoms with E-state index in [-0.39, 0.29) is 11.3 Å². The van der Waals surface area contributed by atoms with Crippen molar-refractivity contribution in [3.8, 4) is 17.2 Å². The summed E-state index contributed by atoms with van der Waals surface area (Å²) in [5.41, 5.74) is 0.535. The molecular formula is C23H35NO4. The van der Waals surface area contributed by atoms with Crippen LogP contribution in [-0.2, 0) is 6.54 Å². The third-order valence-corrected chi connectivity index (χ3v) is 4.89. The first-order chi connectivity index (χ1) is 13.6. The van der Waals surface area contributed by atoms with Gasteiger partial charge in [-0.15, -0.1) is 0 Å². The van der Waals surface area contributed by atoms with Gasteiger partial charge in [-0.3, -0.25) is 4.79 Å². The van der Waals surface area contributed by atoms with Gasteiger partial charge in [0, 0.05) is 18.0 Å². The summed E-state index contributed by atoms with van der Waals surface area (Å²) in [6, 6.07) is 5.11. The van der Waals surface area contributed by atoms with Gasteiger partial charge in [0.1, 0.15) is 5.75 Å². The lowest BCUT2D eigenvalue weighted by atomic mass is 10.1. The molecule has 1 heterocycles. The monoisotopic (exact) mass is 389 g/mol. The predicted octanol–water partition coefficient (Wildman–Crippen LogP) is 5.65. The molecule has 0 fully saturated rings. The molecule has 0 aliphatic rings. The minimum absolute atomic E-state index is 0.147. The Morgan fingerprint density at radius 2 is 1.50 bits per heavy atom. The van der Waals surface area contributed by atoms with E-state index in [2.05, 4.69) is 20.8 Å². The van der Waals surface area contributed by atoms with E-state index in [4.69, 9.17) is 9.47 Å². The van der Waals surface area contributed by atoms with Crippen LogP contribution in [0, 0.1) is 0 Å². The fourth-order valence-electron chi connectivity index (χ4n) is 3.21. The second kappa shape index (κ2) is 11.6. The minimum Gasteiger partial charge on any atom is -0.508 e. The van der Waals surface area contributed by atoms with Crippen molar-refractivity contribution in [2.75, 3.05) is 13.2 Å². The number of aromatic nitrogens is 1. The number of pyridine rings is 1. The topological polar surface area (TPSA) is 60.7 Å². The fraction of sp³-hybridized carbons (Fsp3) is 0.609. The highest BCUT2D eigenvalue weighted by Gasteiger charge is 2.20. The number of unbranched alkanes of at least 4 members (excludes halogenated alkanes) is 5. The maximum absolute atomic E-state index is 13.3. The van der Waals surface area contributed by atoms with E-state index >= 15 is 0 Å². The van der Waals surface area contributed by atoms with E-state index < -0.39 is 0 Å². The highest BCUT2D eigenvalue weighted by molar-refractivity contribution is 5.89. The first-order valence-electron chi connectivity index (χ1n) is 10.8. The number of benzene rings is 1. The van der Waals surface area contributed by atoms with Gasteiger partial charge in [-0.25, -0.2) is 0 Å². The van der Waals surface area contributed by atoms with E-state index in [9.17, 15) is 9.90 Å². The van der Waals surface area contributed by atoms with Crippen LogP contribution >= 0.6 is 0 Å². The lowest BCUT2D eigenvalue weighted by Crippen LogP contribution is -2.24. The molecule has 0 saturated carbocycles. The predicted molar refractivity (Wildman–Crippen MR) is 115 cm³/mol. The lowest BCUT2D eigenvalue weighted by molar-refractivity contribution is 0.259. The van der Waals surface area contributed by atoms with Crippen molar-refractivity contribution < 1.29 is 14.6 Å². The average Bonchev–Trinajstić information content (AvgIpc) is 2.69. The normalized spacial score (nSPS) is 11.1. The molecule has 0 aliphatic heterocycles. The van der Waals surface area contributed by atoms with Gasteiger partial charge in [0.2, 0.25) is 5.75 Å². The molecule has 2 rings (SSSR count). The number of phenolic OH excluding ortho intramolecular Hbond substituents is 1. The number of rotatable bonds is 13. The van der Waals surface area contributed by atoms with Crippen molar-refractivity contribution in [2.24, 2.45) is 0 Å². The number of hydrogen-bond acceptors (Lipinski definition) is 4. The molecule has 2 aromatic rings. The summed E-state index contributed by atoms with van der Waals surface area (Å²) in [5.74, 6) is 0.959. The zero-order chi connectivity index (χ0) is 20.4. The first kappa shape index (κ1) is 22.1. The standard InChI is InChI=1S/C23H35NO4/c1-4-7-10-11-14-24-20-17-18(25)12-13-19(20)21(27-15-8-5-2)22(23(24)26)28-16-9-6-3/h12-13,17,25H,4-11,14-16H2,1-3H3. The number of phenols is 1. The van der Waals surface area contributed by atoms with Crippen LogP contribution in [0.1, 0.15) is 72.1 Å². The summed E-state index contributed by atoms with van der Waals surface area (Å²) in [5, 5.41) is 10.8. The van der Waals surface area contributed by atoms with Crippen molar-refractivity contribution in [2.45, 2.75) is 78.7 Å². The van der Waals surface area contributed by atoms with Gasteiger partial charge in [-0.1, -0.05) is 52.9 Å². The molecule has 0 unspecified atom stereocenters. The van der Waals surface area contributed by atoms with Crippen LogP contribution in [0.25, 0.3) is 10.9 Å². The van der Waals surface area contributed by atoms with Crippen molar-refractivity contribution in [1.82, 2.24) is 4.57 Å². The summed E-state index contributed by atoms with van der Waals surface area (Å²) in [6.07, 6.45) is 8.10. The van der Waals surface area contributed by atoms with Crippen LogP contribution in [0.2, 0.25) is 0 Å². The van der Waals surface area contributed by atoms with Gasteiger partial charge < -0.3 is 19.1 Å². The highest BCUT2D eigenvalue weighted by atomic mass is 16.5. The van der Waals surface area contributed by atoms with E-state index in [1.807, 2.05) is 6.07 Å². The first-order valence-corrected chi connectivity index (χ1v) is 10.8. The lowest BCUT2D eigenvalue weighted by Gasteiger charge is -2.19. The molecule has 0 amide bonds. The fourth-order valence-corrected chi connectivity index (χ4v) is 3.21.